The second kappa shape index (κ2) is 3.87. The molecule has 1 aliphatic heterocycles. The van der Waals surface area contributed by atoms with E-state index >= 15 is 0 Å². The molecule has 0 aliphatic carbocycles. The number of carbonyl (C=O) groups excluding carboxylic acids is 1. The molecule has 0 aromatic heterocycles. The lowest BCUT2D eigenvalue weighted by Crippen LogP contribution is -2.34. The lowest BCUT2D eigenvalue weighted by molar-refractivity contribution is -0.128. The summed E-state index contributed by atoms with van der Waals surface area (Å²) in [6.07, 6.45) is 0. The van der Waals surface area contributed by atoms with E-state index in [0.29, 0.717) is 12.5 Å². The van der Waals surface area contributed by atoms with E-state index in [2.05, 4.69) is 0 Å². The van der Waals surface area contributed by atoms with E-state index in [-0.39, 0.29) is 25.0 Å². The van der Waals surface area contributed by atoms with E-state index in [4.69, 9.17) is 10.8 Å². The van der Waals surface area contributed by atoms with Crippen molar-refractivity contribution in [3.05, 3.63) is 0 Å². The third kappa shape index (κ3) is 1.76. The molecule has 1 aliphatic rings. The highest BCUT2D eigenvalue weighted by Crippen LogP contribution is 2.21. The minimum absolute atomic E-state index is 0.0159. The van der Waals surface area contributed by atoms with Crippen LogP contribution in [0.4, 0.5) is 0 Å². The SMILES string of the molecule is C[C@@H]1CN(C(=O)CN)C[C@H]1CO. The average Bonchev–Trinajstić information content (AvgIpc) is 2.45. The van der Waals surface area contributed by atoms with Crippen LogP contribution >= 0.6 is 0 Å². The second-order valence-electron chi connectivity index (χ2n) is 3.42. The Hall–Kier alpha value is -0.610. The summed E-state index contributed by atoms with van der Waals surface area (Å²) in [5, 5.41) is 8.94. The van der Waals surface area contributed by atoms with Crippen LogP contribution in [0, 0.1) is 11.8 Å². The lowest BCUT2D eigenvalue weighted by Gasteiger charge is -2.14. The van der Waals surface area contributed by atoms with Crippen molar-refractivity contribution in [2.24, 2.45) is 17.6 Å². The Morgan fingerprint density at radius 3 is 2.75 bits per heavy atom. The first-order valence-electron chi connectivity index (χ1n) is 4.27. The van der Waals surface area contributed by atoms with Crippen LogP contribution in [0.15, 0.2) is 0 Å². The zero-order chi connectivity index (χ0) is 9.14. The quantitative estimate of drug-likeness (QED) is 0.563. The highest BCUT2D eigenvalue weighted by atomic mass is 16.3. The van der Waals surface area contributed by atoms with Gasteiger partial charge < -0.3 is 15.7 Å². The number of carbonyl (C=O) groups is 1. The van der Waals surface area contributed by atoms with Crippen molar-refractivity contribution in [3.63, 3.8) is 0 Å². The molecule has 4 heteroatoms. The van der Waals surface area contributed by atoms with Crippen LogP contribution in [0.25, 0.3) is 0 Å². The predicted octanol–water partition coefficient (Wildman–Crippen LogP) is -0.968. The van der Waals surface area contributed by atoms with Crippen LogP contribution < -0.4 is 5.73 Å². The fourth-order valence-corrected chi connectivity index (χ4v) is 1.60. The van der Waals surface area contributed by atoms with Crippen LogP contribution in [0.1, 0.15) is 6.92 Å². The minimum atomic E-state index is -0.0159. The maximum absolute atomic E-state index is 11.1. The molecule has 0 radical (unpaired) electrons. The van der Waals surface area contributed by atoms with E-state index < -0.39 is 0 Å². The first-order chi connectivity index (χ1) is 5.69. The summed E-state index contributed by atoms with van der Waals surface area (Å²) >= 11 is 0. The van der Waals surface area contributed by atoms with Crippen LogP contribution in [0.2, 0.25) is 0 Å². The summed E-state index contributed by atoms with van der Waals surface area (Å²) in [4.78, 5) is 12.9. The van der Waals surface area contributed by atoms with Crippen LogP contribution in [-0.2, 0) is 4.79 Å². The molecular weight excluding hydrogens is 156 g/mol. The van der Waals surface area contributed by atoms with Gasteiger partial charge in [0.1, 0.15) is 0 Å². The van der Waals surface area contributed by atoms with Gasteiger partial charge in [-0.05, 0) is 5.92 Å². The van der Waals surface area contributed by atoms with Crippen molar-refractivity contribution in [2.75, 3.05) is 26.2 Å². The number of aliphatic hydroxyl groups is 1. The second-order valence-corrected chi connectivity index (χ2v) is 3.42. The largest absolute Gasteiger partial charge is 0.396 e. The Morgan fingerprint density at radius 1 is 1.67 bits per heavy atom. The monoisotopic (exact) mass is 172 g/mol. The average molecular weight is 172 g/mol. The normalized spacial score (nSPS) is 29.4. The molecule has 2 atom stereocenters. The fraction of sp³-hybridized carbons (Fsp3) is 0.875. The predicted molar refractivity (Wildman–Crippen MR) is 45.4 cm³/mol. The molecule has 1 rings (SSSR count). The molecule has 3 N–H and O–H groups in total. The van der Waals surface area contributed by atoms with E-state index in [0.717, 1.165) is 6.54 Å². The standard InChI is InChI=1S/C8H16N2O2/c1-6-3-10(8(12)2-9)4-7(6)5-11/h6-7,11H,2-5,9H2,1H3/t6-,7+/m1/s1. The van der Waals surface area contributed by atoms with Gasteiger partial charge in [-0.15, -0.1) is 0 Å². The van der Waals surface area contributed by atoms with Crippen molar-refractivity contribution in [2.45, 2.75) is 6.92 Å². The highest BCUT2D eigenvalue weighted by Gasteiger charge is 2.30. The van der Waals surface area contributed by atoms with Crippen molar-refractivity contribution in [1.82, 2.24) is 4.90 Å². The van der Waals surface area contributed by atoms with Gasteiger partial charge in [0, 0.05) is 25.6 Å². The van der Waals surface area contributed by atoms with E-state index in [9.17, 15) is 4.79 Å². The third-order valence-electron chi connectivity index (χ3n) is 2.53. The molecule has 1 saturated heterocycles. The molecule has 0 aromatic carbocycles. The Bertz CT molecular complexity index is 172. The molecule has 4 nitrogen and oxygen atoms in total. The molecular formula is C8H16N2O2. The Kier molecular flexibility index (Phi) is 3.05. The van der Waals surface area contributed by atoms with E-state index in [1.165, 1.54) is 0 Å². The van der Waals surface area contributed by atoms with Crippen molar-refractivity contribution in [1.29, 1.82) is 0 Å². The number of amides is 1. The molecule has 0 spiro atoms. The highest BCUT2D eigenvalue weighted by molar-refractivity contribution is 5.78. The molecule has 0 saturated carbocycles. The summed E-state index contributed by atoms with van der Waals surface area (Å²) in [5.41, 5.74) is 5.23. The maximum atomic E-state index is 11.1. The molecule has 12 heavy (non-hydrogen) atoms. The molecule has 1 fully saturated rings. The molecule has 1 amide bonds. The minimum Gasteiger partial charge on any atom is -0.396 e. The number of hydrogen-bond donors (Lipinski definition) is 2. The van der Waals surface area contributed by atoms with Crippen LogP contribution in [0.5, 0.6) is 0 Å². The fourth-order valence-electron chi connectivity index (χ4n) is 1.60. The van der Waals surface area contributed by atoms with Crippen molar-refractivity contribution < 1.29 is 9.90 Å². The van der Waals surface area contributed by atoms with Gasteiger partial charge in [0.25, 0.3) is 0 Å². The number of rotatable bonds is 2. The van der Waals surface area contributed by atoms with Gasteiger partial charge >= 0.3 is 0 Å². The smallest absolute Gasteiger partial charge is 0.236 e. The number of nitrogens with zero attached hydrogens (tertiary/aromatic N) is 1. The van der Waals surface area contributed by atoms with Crippen molar-refractivity contribution >= 4 is 5.91 Å². The molecule has 70 valence electrons. The molecule has 0 unspecified atom stereocenters. The van der Waals surface area contributed by atoms with Gasteiger partial charge in [-0.25, -0.2) is 0 Å². The van der Waals surface area contributed by atoms with Gasteiger partial charge in [0.15, 0.2) is 0 Å². The van der Waals surface area contributed by atoms with Crippen molar-refractivity contribution in [3.8, 4) is 0 Å². The summed E-state index contributed by atoms with van der Waals surface area (Å²) in [5.74, 6) is 0.615. The van der Waals surface area contributed by atoms with Crippen LogP contribution in [0.3, 0.4) is 0 Å². The maximum Gasteiger partial charge on any atom is 0.236 e. The zero-order valence-corrected chi connectivity index (χ0v) is 7.36. The van der Waals surface area contributed by atoms with Crippen LogP contribution in [-0.4, -0.2) is 42.2 Å². The molecule has 0 aromatic rings. The van der Waals surface area contributed by atoms with Gasteiger partial charge in [-0.2, -0.15) is 0 Å². The zero-order valence-electron chi connectivity index (χ0n) is 7.36. The topological polar surface area (TPSA) is 66.6 Å². The first kappa shape index (κ1) is 9.48. The summed E-state index contributed by atoms with van der Waals surface area (Å²) in [6.45, 7) is 3.68. The van der Waals surface area contributed by atoms with Gasteiger partial charge in [0.05, 0.1) is 6.54 Å². The summed E-state index contributed by atoms with van der Waals surface area (Å²) < 4.78 is 0. The van der Waals surface area contributed by atoms with Gasteiger partial charge in [-0.1, -0.05) is 6.92 Å². The first-order valence-corrected chi connectivity index (χ1v) is 4.27. The Morgan fingerprint density at radius 2 is 2.33 bits per heavy atom. The third-order valence-corrected chi connectivity index (χ3v) is 2.53. The summed E-state index contributed by atoms with van der Waals surface area (Å²) in [6, 6.07) is 0. The van der Waals surface area contributed by atoms with Gasteiger partial charge in [0.2, 0.25) is 5.91 Å². The Balaban J connectivity index is 2.48. The number of hydrogen-bond acceptors (Lipinski definition) is 3. The Labute approximate surface area is 72.3 Å². The van der Waals surface area contributed by atoms with E-state index in [1.54, 1.807) is 4.90 Å². The number of nitrogens with two attached hydrogens (primary N) is 1. The van der Waals surface area contributed by atoms with Gasteiger partial charge in [-0.3, -0.25) is 4.79 Å². The molecule has 1 heterocycles. The number of aliphatic hydroxyl groups excluding tert-OH is 1. The lowest BCUT2D eigenvalue weighted by atomic mass is 10.00. The van der Waals surface area contributed by atoms with E-state index in [1.807, 2.05) is 6.92 Å². The molecule has 0 bridgehead atoms. The summed E-state index contributed by atoms with van der Waals surface area (Å²) in [7, 11) is 0. The number of likely N-dealkylation sites (tertiary alicyclic amines) is 1.